The van der Waals surface area contributed by atoms with Crippen LogP contribution in [0.15, 0.2) is 12.1 Å². The summed E-state index contributed by atoms with van der Waals surface area (Å²) in [7, 11) is 0. The van der Waals surface area contributed by atoms with Crippen LogP contribution in [-0.2, 0) is 0 Å². The molecule has 1 aliphatic rings. The molecule has 0 aliphatic carbocycles. The van der Waals surface area contributed by atoms with Gasteiger partial charge in [-0.3, -0.25) is 4.90 Å². The maximum atomic E-state index is 6.03. The molecule has 0 bridgehead atoms. The Morgan fingerprint density at radius 3 is 2.78 bits per heavy atom. The van der Waals surface area contributed by atoms with Crippen molar-refractivity contribution in [3.05, 3.63) is 21.3 Å². The average molecular weight is 287 g/mol. The highest BCUT2D eigenvalue weighted by Gasteiger charge is 2.25. The topological polar surface area (TPSA) is 15.3 Å². The second-order valence-corrected chi connectivity index (χ2v) is 7.22. The third kappa shape index (κ3) is 3.70. The van der Waals surface area contributed by atoms with Gasteiger partial charge in [-0.25, -0.2) is 0 Å². The molecule has 1 aromatic heterocycles. The average Bonchev–Trinajstić information content (AvgIpc) is 2.74. The van der Waals surface area contributed by atoms with Crippen LogP contribution in [0.4, 0.5) is 0 Å². The minimum Gasteiger partial charge on any atom is -0.311 e. The molecule has 2 rings (SSSR count). The predicted molar refractivity (Wildman–Crippen MR) is 80.6 cm³/mol. The highest BCUT2D eigenvalue weighted by Crippen LogP contribution is 2.31. The zero-order chi connectivity index (χ0) is 13.1. The van der Waals surface area contributed by atoms with Crippen LogP contribution < -0.4 is 5.32 Å². The smallest absolute Gasteiger partial charge is 0.0931 e. The van der Waals surface area contributed by atoms with Crippen LogP contribution in [0.25, 0.3) is 0 Å². The summed E-state index contributed by atoms with van der Waals surface area (Å²) >= 11 is 7.74. The van der Waals surface area contributed by atoms with Gasteiger partial charge in [-0.05, 0) is 38.4 Å². The summed E-state index contributed by atoms with van der Waals surface area (Å²) in [5.74, 6) is 0. The van der Waals surface area contributed by atoms with Gasteiger partial charge >= 0.3 is 0 Å². The predicted octanol–water partition coefficient (Wildman–Crippen LogP) is 3.92. The number of nitrogens with zero attached hydrogens (tertiary/aromatic N) is 1. The molecule has 0 spiro atoms. The number of rotatable bonds is 4. The van der Waals surface area contributed by atoms with Crippen LogP contribution in [0.1, 0.15) is 44.5 Å². The quantitative estimate of drug-likeness (QED) is 0.902. The summed E-state index contributed by atoms with van der Waals surface area (Å²) in [5, 5.41) is 3.66. The van der Waals surface area contributed by atoms with E-state index in [-0.39, 0.29) is 0 Å². The van der Waals surface area contributed by atoms with Gasteiger partial charge in [0, 0.05) is 29.5 Å². The lowest BCUT2D eigenvalue weighted by Crippen LogP contribution is -2.48. The summed E-state index contributed by atoms with van der Waals surface area (Å²) in [6, 6.07) is 5.86. The monoisotopic (exact) mass is 286 g/mol. The van der Waals surface area contributed by atoms with Crippen molar-refractivity contribution in [1.29, 1.82) is 0 Å². The van der Waals surface area contributed by atoms with Crippen LogP contribution in [-0.4, -0.2) is 30.1 Å². The van der Waals surface area contributed by atoms with Crippen molar-refractivity contribution in [2.75, 3.05) is 13.1 Å². The highest BCUT2D eigenvalue weighted by molar-refractivity contribution is 7.16. The van der Waals surface area contributed by atoms with E-state index in [2.05, 4.69) is 37.1 Å². The van der Waals surface area contributed by atoms with E-state index in [0.29, 0.717) is 18.1 Å². The largest absolute Gasteiger partial charge is 0.311 e. The molecule has 2 heterocycles. The van der Waals surface area contributed by atoms with Crippen LogP contribution in [0.2, 0.25) is 4.34 Å². The Kier molecular flexibility index (Phi) is 5.07. The van der Waals surface area contributed by atoms with Crippen LogP contribution in [0, 0.1) is 0 Å². The Bertz CT molecular complexity index is 378. The van der Waals surface area contributed by atoms with E-state index in [9.17, 15) is 0 Å². The second kappa shape index (κ2) is 6.38. The standard InChI is InChI=1S/C14H23ClN2S/c1-10(2)16-12-5-4-8-17(9-12)11(3)13-6-7-14(15)18-13/h6-7,10-12,16H,4-5,8-9H2,1-3H3. The van der Waals surface area contributed by atoms with Crippen LogP contribution in [0.3, 0.4) is 0 Å². The van der Waals surface area contributed by atoms with Crippen LogP contribution in [0.5, 0.6) is 0 Å². The van der Waals surface area contributed by atoms with Crippen molar-refractivity contribution in [3.8, 4) is 0 Å². The molecule has 102 valence electrons. The molecule has 2 unspecified atom stereocenters. The zero-order valence-electron chi connectivity index (χ0n) is 11.4. The molecule has 0 radical (unpaired) electrons. The molecule has 2 atom stereocenters. The van der Waals surface area contributed by atoms with Gasteiger partial charge in [0.2, 0.25) is 0 Å². The van der Waals surface area contributed by atoms with Crippen molar-refractivity contribution in [3.63, 3.8) is 0 Å². The van der Waals surface area contributed by atoms with Gasteiger partial charge in [0.25, 0.3) is 0 Å². The highest BCUT2D eigenvalue weighted by atomic mass is 35.5. The van der Waals surface area contributed by atoms with Gasteiger partial charge < -0.3 is 5.32 Å². The maximum absolute atomic E-state index is 6.03. The Labute approximate surface area is 119 Å². The first kappa shape index (κ1) is 14.3. The molecule has 4 heteroatoms. The third-order valence-corrected chi connectivity index (χ3v) is 4.98. The molecule has 1 N–H and O–H groups in total. The Hall–Kier alpha value is -0.0900. The Morgan fingerprint density at radius 2 is 2.17 bits per heavy atom. The molecule has 1 fully saturated rings. The van der Waals surface area contributed by atoms with Gasteiger partial charge in [-0.15, -0.1) is 11.3 Å². The van der Waals surface area contributed by atoms with Crippen molar-refractivity contribution in [1.82, 2.24) is 10.2 Å². The van der Waals surface area contributed by atoms with E-state index in [1.807, 2.05) is 6.07 Å². The molecule has 2 nitrogen and oxygen atoms in total. The summed E-state index contributed by atoms with van der Waals surface area (Å²) in [4.78, 5) is 3.95. The van der Waals surface area contributed by atoms with Gasteiger partial charge in [-0.2, -0.15) is 0 Å². The first-order valence-electron chi connectivity index (χ1n) is 6.81. The summed E-state index contributed by atoms with van der Waals surface area (Å²) in [6.45, 7) is 9.09. The van der Waals surface area contributed by atoms with Gasteiger partial charge in [0.05, 0.1) is 4.34 Å². The number of nitrogens with one attached hydrogen (secondary N) is 1. The fraction of sp³-hybridized carbons (Fsp3) is 0.714. The first-order valence-corrected chi connectivity index (χ1v) is 8.01. The zero-order valence-corrected chi connectivity index (χ0v) is 13.0. The van der Waals surface area contributed by atoms with Crippen molar-refractivity contribution in [2.24, 2.45) is 0 Å². The second-order valence-electron chi connectivity index (χ2n) is 5.47. The SMILES string of the molecule is CC(C)NC1CCCN(C(C)c2ccc(Cl)s2)C1. The lowest BCUT2D eigenvalue weighted by atomic mass is 10.0. The summed E-state index contributed by atoms with van der Waals surface area (Å²) in [6.07, 6.45) is 2.58. The van der Waals surface area contributed by atoms with Crippen molar-refractivity contribution >= 4 is 22.9 Å². The molecule has 0 aromatic carbocycles. The lowest BCUT2D eigenvalue weighted by molar-refractivity contribution is 0.144. The number of hydrogen-bond donors (Lipinski definition) is 1. The first-order chi connectivity index (χ1) is 8.56. The number of halogens is 1. The number of hydrogen-bond acceptors (Lipinski definition) is 3. The van der Waals surface area contributed by atoms with Gasteiger partial charge in [0.1, 0.15) is 0 Å². The van der Waals surface area contributed by atoms with Gasteiger partial charge in [-0.1, -0.05) is 25.4 Å². The third-order valence-electron chi connectivity index (χ3n) is 3.58. The Morgan fingerprint density at radius 1 is 1.39 bits per heavy atom. The molecule has 0 saturated carbocycles. The van der Waals surface area contributed by atoms with Crippen LogP contribution >= 0.6 is 22.9 Å². The van der Waals surface area contributed by atoms with E-state index < -0.39 is 0 Å². The minimum absolute atomic E-state index is 0.485. The molecule has 1 aromatic rings. The van der Waals surface area contributed by atoms with E-state index in [1.54, 1.807) is 11.3 Å². The van der Waals surface area contributed by atoms with Crippen molar-refractivity contribution < 1.29 is 0 Å². The normalized spacial score (nSPS) is 23.5. The maximum Gasteiger partial charge on any atom is 0.0931 e. The molecular formula is C14H23ClN2S. The summed E-state index contributed by atoms with van der Waals surface area (Å²) < 4.78 is 0.894. The van der Waals surface area contributed by atoms with Gasteiger partial charge in [0.15, 0.2) is 0 Å². The molecule has 0 amide bonds. The Balaban J connectivity index is 1.95. The van der Waals surface area contributed by atoms with E-state index >= 15 is 0 Å². The summed E-state index contributed by atoms with van der Waals surface area (Å²) in [5.41, 5.74) is 0. The molecule has 1 aliphatic heterocycles. The fourth-order valence-corrected chi connectivity index (χ4v) is 3.85. The molecular weight excluding hydrogens is 264 g/mol. The number of likely N-dealkylation sites (tertiary alicyclic amines) is 1. The molecule has 18 heavy (non-hydrogen) atoms. The number of thiophene rings is 1. The lowest BCUT2D eigenvalue weighted by Gasteiger charge is -2.37. The number of piperidine rings is 1. The van der Waals surface area contributed by atoms with E-state index in [0.717, 1.165) is 10.9 Å². The van der Waals surface area contributed by atoms with Crippen molar-refractivity contribution in [2.45, 2.75) is 51.7 Å². The molecule has 1 saturated heterocycles. The minimum atomic E-state index is 0.485. The van der Waals surface area contributed by atoms with E-state index in [1.165, 1.54) is 24.3 Å². The fourth-order valence-electron chi connectivity index (χ4n) is 2.70. The van der Waals surface area contributed by atoms with E-state index in [4.69, 9.17) is 11.6 Å².